The minimum absolute atomic E-state index is 0.0387. The summed E-state index contributed by atoms with van der Waals surface area (Å²) in [4.78, 5) is 22.9. The number of hydrogen-bond donors (Lipinski definition) is 0. The Morgan fingerprint density at radius 1 is 0.977 bits per heavy atom. The molecule has 1 amide bonds. The number of alkyl halides is 6. The van der Waals surface area contributed by atoms with Crippen molar-refractivity contribution in [3.05, 3.63) is 88.8 Å². The van der Waals surface area contributed by atoms with Gasteiger partial charge in [-0.05, 0) is 72.7 Å². The SMILES string of the molecule is COC1CCC(c2cnc(-c3nnc(CN(C(=O)Cc4ccc(C(F)(F)F)cc4C(F)(F)F)c4ccc(F)cc4)o3)nc2)C1. The lowest BCUT2D eigenvalue weighted by Crippen LogP contribution is -2.32. The van der Waals surface area contributed by atoms with Gasteiger partial charge < -0.3 is 14.1 Å². The maximum absolute atomic E-state index is 13.7. The Hall–Kier alpha value is -4.40. The van der Waals surface area contributed by atoms with Crippen LogP contribution in [0, 0.1) is 5.82 Å². The Morgan fingerprint density at radius 2 is 1.68 bits per heavy atom. The summed E-state index contributed by atoms with van der Waals surface area (Å²) in [5.41, 5.74) is -2.80. The molecule has 1 fully saturated rings. The summed E-state index contributed by atoms with van der Waals surface area (Å²) >= 11 is 0. The first kappa shape index (κ1) is 31.0. The maximum atomic E-state index is 13.7. The molecule has 8 nitrogen and oxygen atoms in total. The Balaban J connectivity index is 1.38. The van der Waals surface area contributed by atoms with E-state index in [0.717, 1.165) is 41.9 Å². The number of nitrogens with zero attached hydrogens (tertiary/aromatic N) is 5. The lowest BCUT2D eigenvalue weighted by atomic mass is 10.00. The zero-order valence-electron chi connectivity index (χ0n) is 23.0. The number of aromatic nitrogens is 4. The highest BCUT2D eigenvalue weighted by molar-refractivity contribution is 5.94. The molecule has 0 bridgehead atoms. The van der Waals surface area contributed by atoms with Gasteiger partial charge in [0.25, 0.3) is 5.89 Å². The molecular weight excluding hydrogens is 599 g/mol. The number of rotatable bonds is 8. The molecule has 2 heterocycles. The van der Waals surface area contributed by atoms with Crippen molar-refractivity contribution in [2.45, 2.75) is 56.6 Å². The van der Waals surface area contributed by atoms with Crippen molar-refractivity contribution in [3.63, 3.8) is 0 Å². The molecule has 0 spiro atoms. The molecule has 0 saturated heterocycles. The Kier molecular flexibility index (Phi) is 8.68. The van der Waals surface area contributed by atoms with Crippen LogP contribution in [0.4, 0.5) is 36.4 Å². The van der Waals surface area contributed by atoms with Crippen LogP contribution in [-0.2, 0) is 34.8 Å². The van der Waals surface area contributed by atoms with Crippen LogP contribution < -0.4 is 4.90 Å². The van der Waals surface area contributed by atoms with E-state index < -0.39 is 53.7 Å². The van der Waals surface area contributed by atoms with Crippen molar-refractivity contribution in [1.82, 2.24) is 20.2 Å². The summed E-state index contributed by atoms with van der Waals surface area (Å²) in [5, 5.41) is 7.80. The first-order valence-corrected chi connectivity index (χ1v) is 13.3. The summed E-state index contributed by atoms with van der Waals surface area (Å²) in [6.45, 7) is -0.446. The highest BCUT2D eigenvalue weighted by Crippen LogP contribution is 2.38. The molecule has 2 unspecified atom stereocenters. The predicted octanol–water partition coefficient (Wildman–Crippen LogP) is 6.76. The lowest BCUT2D eigenvalue weighted by Gasteiger charge is -2.23. The fourth-order valence-corrected chi connectivity index (χ4v) is 5.03. The number of amides is 1. The van der Waals surface area contributed by atoms with Gasteiger partial charge in [-0.3, -0.25) is 4.79 Å². The summed E-state index contributed by atoms with van der Waals surface area (Å²) in [6.07, 6.45) is -4.97. The second-order valence-corrected chi connectivity index (χ2v) is 10.2. The molecule has 1 aliphatic rings. The van der Waals surface area contributed by atoms with Gasteiger partial charge >= 0.3 is 12.4 Å². The van der Waals surface area contributed by atoms with Gasteiger partial charge in [0.05, 0.1) is 23.7 Å². The minimum atomic E-state index is -5.17. The first-order chi connectivity index (χ1) is 20.8. The molecule has 2 aromatic carbocycles. The third-order valence-corrected chi connectivity index (χ3v) is 7.34. The minimum Gasteiger partial charge on any atom is -0.416 e. The summed E-state index contributed by atoms with van der Waals surface area (Å²) in [7, 11) is 1.67. The summed E-state index contributed by atoms with van der Waals surface area (Å²) in [5.74, 6) is -1.47. The van der Waals surface area contributed by atoms with Crippen LogP contribution in [0.2, 0.25) is 0 Å². The van der Waals surface area contributed by atoms with E-state index in [1.165, 1.54) is 12.1 Å². The number of ether oxygens (including phenoxy) is 1. The van der Waals surface area contributed by atoms with E-state index in [2.05, 4.69) is 20.2 Å². The van der Waals surface area contributed by atoms with Crippen molar-refractivity contribution in [1.29, 1.82) is 0 Å². The van der Waals surface area contributed by atoms with E-state index in [0.29, 0.717) is 12.1 Å². The third-order valence-electron chi connectivity index (χ3n) is 7.34. The number of methoxy groups -OCH3 is 1. The van der Waals surface area contributed by atoms with Crippen LogP contribution in [0.3, 0.4) is 0 Å². The van der Waals surface area contributed by atoms with E-state index in [9.17, 15) is 35.5 Å². The molecule has 15 heteroatoms. The second-order valence-electron chi connectivity index (χ2n) is 10.2. The van der Waals surface area contributed by atoms with E-state index >= 15 is 0 Å². The molecule has 4 aromatic rings. The molecule has 5 rings (SSSR count). The maximum Gasteiger partial charge on any atom is 0.416 e. The van der Waals surface area contributed by atoms with Gasteiger partial charge in [-0.1, -0.05) is 6.07 Å². The zero-order chi connectivity index (χ0) is 31.6. The Bertz CT molecular complexity index is 1610. The Labute approximate surface area is 245 Å². The number of carbonyl (C=O) groups is 1. The van der Waals surface area contributed by atoms with Crippen LogP contribution in [0.15, 0.2) is 59.3 Å². The van der Waals surface area contributed by atoms with E-state index in [4.69, 9.17) is 9.15 Å². The molecule has 2 atom stereocenters. The van der Waals surface area contributed by atoms with Crippen molar-refractivity contribution < 1.29 is 44.7 Å². The van der Waals surface area contributed by atoms with Crippen molar-refractivity contribution >= 4 is 11.6 Å². The van der Waals surface area contributed by atoms with Crippen molar-refractivity contribution in [2.75, 3.05) is 12.0 Å². The molecule has 2 aromatic heterocycles. The Morgan fingerprint density at radius 3 is 2.30 bits per heavy atom. The fourth-order valence-electron chi connectivity index (χ4n) is 5.03. The third kappa shape index (κ3) is 7.04. The van der Waals surface area contributed by atoms with Gasteiger partial charge in [-0.15, -0.1) is 10.2 Å². The highest BCUT2D eigenvalue weighted by atomic mass is 19.4. The largest absolute Gasteiger partial charge is 0.416 e. The fraction of sp³-hybridized carbons (Fsp3) is 0.345. The topological polar surface area (TPSA) is 94.2 Å². The lowest BCUT2D eigenvalue weighted by molar-refractivity contribution is -0.143. The number of anilines is 1. The van der Waals surface area contributed by atoms with Crippen LogP contribution >= 0.6 is 0 Å². The molecule has 0 aliphatic heterocycles. The van der Waals surface area contributed by atoms with Gasteiger partial charge in [0.2, 0.25) is 17.6 Å². The molecule has 1 aliphatic carbocycles. The standard InChI is InChI=1S/C29H24F7N5O3/c1-43-22-9-3-16(10-22)18-13-37-26(38-14-18)27-40-39-24(44-27)15-41(21-7-5-20(30)6-8-21)25(42)11-17-2-4-19(28(31,32)33)12-23(17)29(34,35)36/h2,4-8,12-14,16,22H,3,9-11,15H2,1H3. The van der Waals surface area contributed by atoms with Crippen molar-refractivity contribution in [2.24, 2.45) is 0 Å². The molecule has 1 saturated carbocycles. The average Bonchev–Trinajstić information content (AvgIpc) is 3.66. The first-order valence-electron chi connectivity index (χ1n) is 13.3. The van der Waals surface area contributed by atoms with Crippen LogP contribution in [0.1, 0.15) is 53.3 Å². The highest BCUT2D eigenvalue weighted by Gasteiger charge is 2.39. The average molecular weight is 624 g/mol. The molecule has 44 heavy (non-hydrogen) atoms. The van der Waals surface area contributed by atoms with Gasteiger partial charge in [0, 0.05) is 25.2 Å². The quantitative estimate of drug-likeness (QED) is 0.200. The molecular formula is C29H24F7N5O3. The van der Waals surface area contributed by atoms with Crippen LogP contribution in [-0.4, -0.2) is 39.3 Å². The summed E-state index contributed by atoms with van der Waals surface area (Å²) in [6, 6.07) is 5.52. The number of halogens is 7. The van der Waals surface area contributed by atoms with Crippen LogP contribution in [0.25, 0.3) is 11.7 Å². The van der Waals surface area contributed by atoms with E-state index in [1.54, 1.807) is 19.5 Å². The molecule has 0 N–H and O–H groups in total. The van der Waals surface area contributed by atoms with E-state index in [-0.39, 0.29) is 41.4 Å². The summed E-state index contributed by atoms with van der Waals surface area (Å²) < 4.78 is 105. The van der Waals surface area contributed by atoms with Gasteiger partial charge in [-0.25, -0.2) is 14.4 Å². The van der Waals surface area contributed by atoms with Crippen molar-refractivity contribution in [3.8, 4) is 11.7 Å². The number of carbonyl (C=O) groups excluding carboxylic acids is 1. The molecule has 0 radical (unpaired) electrons. The molecule has 232 valence electrons. The monoisotopic (exact) mass is 623 g/mol. The number of hydrogen-bond acceptors (Lipinski definition) is 7. The smallest absolute Gasteiger partial charge is 0.416 e. The van der Waals surface area contributed by atoms with E-state index in [1.807, 2.05) is 0 Å². The zero-order valence-corrected chi connectivity index (χ0v) is 23.0. The number of benzene rings is 2. The van der Waals surface area contributed by atoms with Gasteiger partial charge in [0.15, 0.2) is 0 Å². The predicted molar refractivity (Wildman–Crippen MR) is 140 cm³/mol. The van der Waals surface area contributed by atoms with Gasteiger partial charge in [0.1, 0.15) is 12.4 Å². The van der Waals surface area contributed by atoms with Crippen LogP contribution in [0.5, 0.6) is 0 Å². The second kappa shape index (κ2) is 12.3. The normalized spacial score (nSPS) is 17.2. The van der Waals surface area contributed by atoms with Gasteiger partial charge in [-0.2, -0.15) is 26.3 Å².